The lowest BCUT2D eigenvalue weighted by Crippen LogP contribution is -2.36. The molecule has 4 aromatic rings. The Balaban J connectivity index is 1.68. The minimum absolute atomic E-state index is 0.687. The molecule has 1 aliphatic heterocycles. The van der Waals surface area contributed by atoms with Crippen LogP contribution in [0.25, 0.3) is 33.3 Å². The molecule has 0 amide bonds. The number of ether oxygens (including phenoxy) is 2. The van der Waals surface area contributed by atoms with E-state index in [1.165, 1.54) is 0 Å². The smallest absolute Gasteiger partial charge is 0.181 e. The predicted molar refractivity (Wildman–Crippen MR) is 109 cm³/mol. The standard InChI is InChI=1S/C21H21N5O2/c1-13-10-17(19-15-4-3-5-22-21(15)25-24-19)23-20-16(13)11-14(12-18(20)27-2)26-6-8-28-9-7-26/h3-5,10-12H,6-9H2,1-2H3,(H,22,24,25). The van der Waals surface area contributed by atoms with Gasteiger partial charge in [-0.3, -0.25) is 5.10 Å². The summed E-state index contributed by atoms with van der Waals surface area (Å²) in [4.78, 5) is 11.5. The quantitative estimate of drug-likeness (QED) is 0.592. The van der Waals surface area contributed by atoms with Crippen LogP contribution in [0.15, 0.2) is 36.5 Å². The molecular weight excluding hydrogens is 354 g/mol. The molecule has 1 fully saturated rings. The summed E-state index contributed by atoms with van der Waals surface area (Å²) in [7, 11) is 1.69. The third-order valence-corrected chi connectivity index (χ3v) is 5.25. The second-order valence-electron chi connectivity index (χ2n) is 6.94. The highest BCUT2D eigenvalue weighted by Crippen LogP contribution is 2.35. The lowest BCUT2D eigenvalue weighted by molar-refractivity contribution is 0.122. The first-order valence-corrected chi connectivity index (χ1v) is 9.36. The Labute approximate surface area is 162 Å². The summed E-state index contributed by atoms with van der Waals surface area (Å²) in [6.07, 6.45) is 1.74. The van der Waals surface area contributed by atoms with Crippen LogP contribution < -0.4 is 9.64 Å². The minimum Gasteiger partial charge on any atom is -0.494 e. The molecule has 3 aromatic heterocycles. The Kier molecular flexibility index (Phi) is 4.09. The van der Waals surface area contributed by atoms with Gasteiger partial charge in [-0.2, -0.15) is 5.10 Å². The van der Waals surface area contributed by atoms with E-state index >= 15 is 0 Å². The van der Waals surface area contributed by atoms with E-state index < -0.39 is 0 Å². The molecule has 1 aromatic carbocycles. The zero-order chi connectivity index (χ0) is 19.1. The van der Waals surface area contributed by atoms with Gasteiger partial charge in [-0.25, -0.2) is 9.97 Å². The number of methoxy groups -OCH3 is 1. The fourth-order valence-electron chi connectivity index (χ4n) is 3.78. The number of morpholine rings is 1. The van der Waals surface area contributed by atoms with Crippen LogP contribution in [-0.4, -0.2) is 53.6 Å². The van der Waals surface area contributed by atoms with E-state index in [1.54, 1.807) is 13.3 Å². The highest BCUT2D eigenvalue weighted by molar-refractivity contribution is 5.95. The van der Waals surface area contributed by atoms with Crippen molar-refractivity contribution in [3.8, 4) is 17.1 Å². The van der Waals surface area contributed by atoms with E-state index in [-0.39, 0.29) is 0 Å². The van der Waals surface area contributed by atoms with Crippen LogP contribution in [0, 0.1) is 6.92 Å². The SMILES string of the molecule is COc1cc(N2CCOCC2)cc2c(C)cc(-c3[nH]nc4ncccc34)nc12. The fraction of sp³-hybridized carbons (Fsp3) is 0.286. The number of rotatable bonds is 3. The Morgan fingerprint density at radius 1 is 1.14 bits per heavy atom. The zero-order valence-corrected chi connectivity index (χ0v) is 15.9. The number of aromatic nitrogens is 4. The number of hydrogen-bond acceptors (Lipinski definition) is 6. The van der Waals surface area contributed by atoms with E-state index in [2.05, 4.69) is 45.2 Å². The van der Waals surface area contributed by atoms with Gasteiger partial charge in [0.2, 0.25) is 0 Å². The summed E-state index contributed by atoms with van der Waals surface area (Å²) in [6.45, 7) is 5.36. The van der Waals surface area contributed by atoms with Crippen LogP contribution in [0.1, 0.15) is 5.56 Å². The Morgan fingerprint density at radius 3 is 2.82 bits per heavy atom. The lowest BCUT2D eigenvalue weighted by atomic mass is 10.0. The summed E-state index contributed by atoms with van der Waals surface area (Å²) >= 11 is 0. The number of hydrogen-bond donors (Lipinski definition) is 1. The average Bonchev–Trinajstić information content (AvgIpc) is 3.18. The summed E-state index contributed by atoms with van der Waals surface area (Å²) in [6, 6.07) is 10.3. The van der Waals surface area contributed by atoms with Gasteiger partial charge < -0.3 is 14.4 Å². The van der Waals surface area contributed by atoms with Gasteiger partial charge in [0, 0.05) is 41.8 Å². The monoisotopic (exact) mass is 375 g/mol. The van der Waals surface area contributed by atoms with Gasteiger partial charge in [-0.1, -0.05) is 0 Å². The highest BCUT2D eigenvalue weighted by Gasteiger charge is 2.18. The van der Waals surface area contributed by atoms with Crippen molar-refractivity contribution in [1.29, 1.82) is 0 Å². The molecule has 1 aliphatic rings. The van der Waals surface area contributed by atoms with E-state index in [1.807, 2.05) is 12.1 Å². The molecule has 0 aliphatic carbocycles. The van der Waals surface area contributed by atoms with Gasteiger partial charge in [0.25, 0.3) is 0 Å². The third-order valence-electron chi connectivity index (χ3n) is 5.25. The molecule has 0 radical (unpaired) electrons. The van der Waals surface area contributed by atoms with Gasteiger partial charge >= 0.3 is 0 Å². The van der Waals surface area contributed by atoms with Gasteiger partial charge in [-0.05, 0) is 36.8 Å². The maximum absolute atomic E-state index is 5.72. The number of anilines is 1. The van der Waals surface area contributed by atoms with Crippen LogP contribution in [-0.2, 0) is 4.74 Å². The molecule has 5 rings (SSSR count). The van der Waals surface area contributed by atoms with Crippen LogP contribution in [0.5, 0.6) is 5.75 Å². The highest BCUT2D eigenvalue weighted by atomic mass is 16.5. The van der Waals surface area contributed by atoms with Crippen LogP contribution in [0.4, 0.5) is 5.69 Å². The Bertz CT molecular complexity index is 1160. The largest absolute Gasteiger partial charge is 0.494 e. The molecule has 1 N–H and O–H groups in total. The number of pyridine rings is 2. The van der Waals surface area contributed by atoms with Crippen molar-refractivity contribution in [1.82, 2.24) is 20.2 Å². The number of aryl methyl sites for hydroxylation is 1. The second-order valence-corrected chi connectivity index (χ2v) is 6.94. The first-order valence-electron chi connectivity index (χ1n) is 9.36. The maximum Gasteiger partial charge on any atom is 0.181 e. The molecular formula is C21H21N5O2. The van der Waals surface area contributed by atoms with Crippen molar-refractivity contribution in [2.45, 2.75) is 6.92 Å². The fourth-order valence-corrected chi connectivity index (χ4v) is 3.78. The predicted octanol–water partition coefficient (Wildman–Crippen LogP) is 3.33. The van der Waals surface area contributed by atoms with Gasteiger partial charge in [0.1, 0.15) is 11.3 Å². The van der Waals surface area contributed by atoms with Crippen molar-refractivity contribution in [2.75, 3.05) is 38.3 Å². The van der Waals surface area contributed by atoms with Crippen molar-refractivity contribution in [3.63, 3.8) is 0 Å². The lowest BCUT2D eigenvalue weighted by Gasteiger charge is -2.29. The molecule has 0 atom stereocenters. The number of benzene rings is 1. The van der Waals surface area contributed by atoms with Crippen LogP contribution >= 0.6 is 0 Å². The normalized spacial score (nSPS) is 14.7. The third kappa shape index (κ3) is 2.75. The van der Waals surface area contributed by atoms with Crippen molar-refractivity contribution < 1.29 is 9.47 Å². The number of aromatic amines is 1. The molecule has 0 bridgehead atoms. The van der Waals surface area contributed by atoms with E-state index in [0.717, 1.165) is 71.0 Å². The second kappa shape index (κ2) is 6.76. The van der Waals surface area contributed by atoms with Crippen molar-refractivity contribution in [3.05, 3.63) is 42.1 Å². The Hall–Kier alpha value is -3.19. The van der Waals surface area contributed by atoms with Gasteiger partial charge in [0.05, 0.1) is 31.7 Å². The first-order chi connectivity index (χ1) is 13.7. The van der Waals surface area contributed by atoms with E-state index in [4.69, 9.17) is 14.5 Å². The molecule has 0 spiro atoms. The van der Waals surface area contributed by atoms with E-state index in [0.29, 0.717) is 5.65 Å². The van der Waals surface area contributed by atoms with E-state index in [9.17, 15) is 0 Å². The number of nitrogens with one attached hydrogen (secondary N) is 1. The van der Waals surface area contributed by atoms with Crippen LogP contribution in [0.3, 0.4) is 0 Å². The topological polar surface area (TPSA) is 76.2 Å². The molecule has 0 saturated carbocycles. The summed E-state index contributed by atoms with van der Waals surface area (Å²) in [5, 5.41) is 9.43. The molecule has 4 heterocycles. The number of H-pyrrole nitrogens is 1. The molecule has 28 heavy (non-hydrogen) atoms. The maximum atomic E-state index is 5.72. The summed E-state index contributed by atoms with van der Waals surface area (Å²) < 4.78 is 11.2. The van der Waals surface area contributed by atoms with Crippen LogP contribution in [0.2, 0.25) is 0 Å². The average molecular weight is 375 g/mol. The van der Waals surface area contributed by atoms with Gasteiger partial charge in [0.15, 0.2) is 5.65 Å². The van der Waals surface area contributed by atoms with Crippen molar-refractivity contribution >= 4 is 27.6 Å². The zero-order valence-electron chi connectivity index (χ0n) is 15.9. The Morgan fingerprint density at radius 2 is 2.00 bits per heavy atom. The summed E-state index contributed by atoms with van der Waals surface area (Å²) in [5.74, 6) is 0.769. The van der Waals surface area contributed by atoms with Crippen molar-refractivity contribution in [2.24, 2.45) is 0 Å². The molecule has 7 nitrogen and oxygen atoms in total. The first kappa shape index (κ1) is 16.9. The molecule has 7 heteroatoms. The molecule has 1 saturated heterocycles. The van der Waals surface area contributed by atoms with Gasteiger partial charge in [-0.15, -0.1) is 0 Å². The summed E-state index contributed by atoms with van der Waals surface area (Å²) in [5.41, 5.74) is 5.51. The number of fused-ring (bicyclic) bond motifs is 2. The minimum atomic E-state index is 0.687. The number of nitrogens with zero attached hydrogens (tertiary/aromatic N) is 4. The molecule has 0 unspecified atom stereocenters. The molecule has 142 valence electrons.